The molecule has 144 valence electrons. The number of hydrogen-bond acceptors (Lipinski definition) is 4. The number of carbonyl (C=O) groups is 1. The first-order valence-electron chi connectivity index (χ1n) is 8.69. The van der Waals surface area contributed by atoms with Crippen LogP contribution in [-0.2, 0) is 11.3 Å². The molecule has 0 radical (unpaired) electrons. The Hall–Kier alpha value is -2.95. The lowest BCUT2D eigenvalue weighted by molar-refractivity contribution is -0.125. The quantitative estimate of drug-likeness (QED) is 0.692. The van der Waals surface area contributed by atoms with Gasteiger partial charge in [-0.05, 0) is 48.7 Å². The molecule has 27 heavy (non-hydrogen) atoms. The van der Waals surface area contributed by atoms with E-state index in [-0.39, 0.29) is 5.91 Å². The van der Waals surface area contributed by atoms with E-state index < -0.39 is 0 Å². The van der Waals surface area contributed by atoms with E-state index in [1.54, 1.807) is 57.6 Å². The SMILES string of the molecule is COc1cc(/C=C/C(=O)N(C)Cc2ccc(C)cc2C)cc(OC)c1OC. The van der Waals surface area contributed by atoms with Crippen molar-refractivity contribution in [1.82, 2.24) is 4.90 Å². The van der Waals surface area contributed by atoms with E-state index in [2.05, 4.69) is 32.0 Å². The van der Waals surface area contributed by atoms with Gasteiger partial charge in [-0.25, -0.2) is 0 Å². The number of methoxy groups -OCH3 is 3. The topological polar surface area (TPSA) is 48.0 Å². The number of carbonyl (C=O) groups excluding carboxylic acids is 1. The van der Waals surface area contributed by atoms with Crippen LogP contribution >= 0.6 is 0 Å². The Bertz CT molecular complexity index is 817. The first kappa shape index (κ1) is 20.4. The van der Waals surface area contributed by atoms with Gasteiger partial charge in [0.1, 0.15) is 0 Å². The highest BCUT2D eigenvalue weighted by Crippen LogP contribution is 2.38. The molecule has 0 heterocycles. The molecule has 0 saturated heterocycles. The third kappa shape index (κ3) is 5.03. The monoisotopic (exact) mass is 369 g/mol. The molecule has 0 unspecified atom stereocenters. The molecule has 2 aromatic carbocycles. The highest BCUT2D eigenvalue weighted by molar-refractivity contribution is 5.91. The Morgan fingerprint density at radius 2 is 1.63 bits per heavy atom. The van der Waals surface area contributed by atoms with E-state index in [9.17, 15) is 4.79 Å². The Balaban J connectivity index is 2.15. The van der Waals surface area contributed by atoms with Gasteiger partial charge in [0.2, 0.25) is 11.7 Å². The summed E-state index contributed by atoms with van der Waals surface area (Å²) < 4.78 is 16.0. The fourth-order valence-corrected chi connectivity index (χ4v) is 2.85. The second-order valence-corrected chi connectivity index (χ2v) is 6.42. The van der Waals surface area contributed by atoms with Crippen molar-refractivity contribution >= 4 is 12.0 Å². The number of aryl methyl sites for hydroxylation is 2. The van der Waals surface area contributed by atoms with Gasteiger partial charge in [0.25, 0.3) is 0 Å². The van der Waals surface area contributed by atoms with Gasteiger partial charge in [-0.15, -0.1) is 0 Å². The summed E-state index contributed by atoms with van der Waals surface area (Å²) in [6, 6.07) is 9.85. The zero-order valence-electron chi connectivity index (χ0n) is 16.8. The number of likely N-dealkylation sites (N-methyl/N-ethyl adjacent to an activating group) is 1. The maximum Gasteiger partial charge on any atom is 0.246 e. The lowest BCUT2D eigenvalue weighted by atomic mass is 10.1. The van der Waals surface area contributed by atoms with Crippen LogP contribution in [-0.4, -0.2) is 39.2 Å². The van der Waals surface area contributed by atoms with Gasteiger partial charge in [0.05, 0.1) is 21.3 Å². The fraction of sp³-hybridized carbons (Fsp3) is 0.318. The molecule has 0 spiro atoms. The van der Waals surface area contributed by atoms with Crippen molar-refractivity contribution in [3.63, 3.8) is 0 Å². The van der Waals surface area contributed by atoms with Crippen molar-refractivity contribution in [3.05, 3.63) is 58.7 Å². The van der Waals surface area contributed by atoms with Gasteiger partial charge >= 0.3 is 0 Å². The number of benzene rings is 2. The molecule has 2 rings (SSSR count). The van der Waals surface area contributed by atoms with Gasteiger partial charge in [-0.3, -0.25) is 4.79 Å². The van der Waals surface area contributed by atoms with Crippen molar-refractivity contribution in [2.75, 3.05) is 28.4 Å². The van der Waals surface area contributed by atoms with E-state index in [4.69, 9.17) is 14.2 Å². The summed E-state index contributed by atoms with van der Waals surface area (Å²) >= 11 is 0. The molecule has 0 aliphatic rings. The van der Waals surface area contributed by atoms with Gasteiger partial charge in [-0.1, -0.05) is 23.8 Å². The Labute approximate surface area is 161 Å². The molecule has 0 atom stereocenters. The number of rotatable bonds is 7. The maximum atomic E-state index is 12.5. The lowest BCUT2D eigenvalue weighted by Crippen LogP contribution is -2.24. The summed E-state index contributed by atoms with van der Waals surface area (Å²) in [6.07, 6.45) is 3.29. The normalized spacial score (nSPS) is 10.7. The molecular formula is C22H27NO4. The minimum Gasteiger partial charge on any atom is -0.493 e. The van der Waals surface area contributed by atoms with Crippen molar-refractivity contribution < 1.29 is 19.0 Å². The van der Waals surface area contributed by atoms with Crippen LogP contribution in [0, 0.1) is 13.8 Å². The maximum absolute atomic E-state index is 12.5. The molecule has 5 heteroatoms. The van der Waals surface area contributed by atoms with E-state index >= 15 is 0 Å². The van der Waals surface area contributed by atoms with Crippen LogP contribution in [0.3, 0.4) is 0 Å². The molecular weight excluding hydrogens is 342 g/mol. The van der Waals surface area contributed by atoms with Gasteiger partial charge in [0.15, 0.2) is 11.5 Å². The van der Waals surface area contributed by atoms with Crippen LogP contribution < -0.4 is 14.2 Å². The molecule has 2 aromatic rings. The standard InChI is InChI=1S/C22H27NO4/c1-15-7-9-18(16(2)11-15)14-23(3)21(24)10-8-17-12-19(25-4)22(27-6)20(13-17)26-5/h7-13H,14H2,1-6H3/b10-8+. The minimum absolute atomic E-state index is 0.0799. The van der Waals surface area contributed by atoms with Gasteiger partial charge in [0, 0.05) is 19.7 Å². The van der Waals surface area contributed by atoms with E-state index in [1.165, 1.54) is 11.1 Å². The van der Waals surface area contributed by atoms with Crippen LogP contribution in [0.4, 0.5) is 0 Å². The fourth-order valence-electron chi connectivity index (χ4n) is 2.85. The summed E-state index contributed by atoms with van der Waals surface area (Å²) in [6.45, 7) is 4.68. The second kappa shape index (κ2) is 9.12. The molecule has 0 N–H and O–H groups in total. The van der Waals surface area contributed by atoms with E-state index in [0.29, 0.717) is 23.8 Å². The van der Waals surface area contributed by atoms with Crippen LogP contribution in [0.1, 0.15) is 22.3 Å². The van der Waals surface area contributed by atoms with Gasteiger partial charge < -0.3 is 19.1 Å². The van der Waals surface area contributed by atoms with E-state index in [1.807, 2.05) is 0 Å². The smallest absolute Gasteiger partial charge is 0.246 e. The summed E-state index contributed by atoms with van der Waals surface area (Å²) in [7, 11) is 6.48. The average molecular weight is 369 g/mol. The van der Waals surface area contributed by atoms with Crippen molar-refractivity contribution in [2.24, 2.45) is 0 Å². The van der Waals surface area contributed by atoms with Crippen molar-refractivity contribution in [3.8, 4) is 17.2 Å². The Morgan fingerprint density at radius 1 is 1.00 bits per heavy atom. The highest BCUT2D eigenvalue weighted by Gasteiger charge is 2.13. The van der Waals surface area contributed by atoms with Crippen molar-refractivity contribution in [2.45, 2.75) is 20.4 Å². The lowest BCUT2D eigenvalue weighted by Gasteiger charge is -2.17. The first-order chi connectivity index (χ1) is 12.9. The summed E-state index contributed by atoms with van der Waals surface area (Å²) in [4.78, 5) is 14.2. The third-order valence-electron chi connectivity index (χ3n) is 4.39. The number of hydrogen-bond donors (Lipinski definition) is 0. The van der Waals surface area contributed by atoms with E-state index in [0.717, 1.165) is 11.1 Å². The van der Waals surface area contributed by atoms with Crippen LogP contribution in [0.2, 0.25) is 0 Å². The van der Waals surface area contributed by atoms with Crippen LogP contribution in [0.5, 0.6) is 17.2 Å². The highest BCUT2D eigenvalue weighted by atomic mass is 16.5. The molecule has 0 bridgehead atoms. The zero-order chi connectivity index (χ0) is 20.0. The minimum atomic E-state index is -0.0799. The van der Waals surface area contributed by atoms with Gasteiger partial charge in [-0.2, -0.15) is 0 Å². The van der Waals surface area contributed by atoms with Crippen molar-refractivity contribution in [1.29, 1.82) is 0 Å². The average Bonchev–Trinajstić information content (AvgIpc) is 2.66. The predicted molar refractivity (Wildman–Crippen MR) is 108 cm³/mol. The van der Waals surface area contributed by atoms with Crippen LogP contribution in [0.15, 0.2) is 36.4 Å². The molecule has 0 fully saturated rings. The number of ether oxygens (including phenoxy) is 3. The zero-order valence-corrected chi connectivity index (χ0v) is 16.8. The summed E-state index contributed by atoms with van der Waals surface area (Å²) in [5, 5.41) is 0. The molecule has 5 nitrogen and oxygen atoms in total. The summed E-state index contributed by atoms with van der Waals surface area (Å²) in [5.74, 6) is 1.54. The number of nitrogens with zero attached hydrogens (tertiary/aromatic N) is 1. The Kier molecular flexibility index (Phi) is 6.88. The third-order valence-corrected chi connectivity index (χ3v) is 4.39. The number of amides is 1. The molecule has 0 saturated carbocycles. The predicted octanol–water partition coefficient (Wildman–Crippen LogP) is 4.00. The second-order valence-electron chi connectivity index (χ2n) is 6.42. The molecule has 0 aliphatic carbocycles. The molecule has 0 aliphatic heterocycles. The molecule has 1 amide bonds. The summed E-state index contributed by atoms with van der Waals surface area (Å²) in [5.41, 5.74) is 4.33. The first-order valence-corrected chi connectivity index (χ1v) is 8.69. The largest absolute Gasteiger partial charge is 0.493 e. The Morgan fingerprint density at radius 3 is 2.15 bits per heavy atom. The molecule has 0 aromatic heterocycles. The van der Waals surface area contributed by atoms with Crippen LogP contribution in [0.25, 0.3) is 6.08 Å².